The quantitative estimate of drug-likeness (QED) is 0.203. The lowest BCUT2D eigenvalue weighted by Gasteiger charge is -2.57. The van der Waals surface area contributed by atoms with Gasteiger partial charge in [0.1, 0.15) is 30.2 Å². The van der Waals surface area contributed by atoms with Crippen LogP contribution in [0, 0.1) is 17.3 Å². The van der Waals surface area contributed by atoms with Gasteiger partial charge in [-0.25, -0.2) is 9.97 Å². The fourth-order valence-electron chi connectivity index (χ4n) is 7.07. The SMILES string of the molecule is O=C(NC1CC2(C1)CC(Nc1cc(C(=O)NC[C@H](O)CN3CCc4ccccc4C3)ncn1)C2)/C(=N/OCC1CC1)C1CC1. The lowest BCUT2D eigenvalue weighted by atomic mass is 9.52. The molecule has 4 N–H and O–H groups in total. The molecule has 4 aliphatic carbocycles. The Balaban J connectivity index is 0.816. The average Bonchev–Trinajstić information content (AvgIpc) is 3.92. The number of benzene rings is 1. The van der Waals surface area contributed by atoms with E-state index in [0.29, 0.717) is 30.6 Å². The molecule has 1 spiro atoms. The van der Waals surface area contributed by atoms with Crippen molar-refractivity contribution >= 4 is 23.3 Å². The summed E-state index contributed by atoms with van der Waals surface area (Å²) in [5, 5.41) is 24.3. The second kappa shape index (κ2) is 12.4. The molecule has 44 heavy (non-hydrogen) atoms. The lowest BCUT2D eigenvalue weighted by molar-refractivity contribution is -0.118. The summed E-state index contributed by atoms with van der Waals surface area (Å²) >= 11 is 0. The standard InChI is InChI=1S/C33H43N7O4/c41-27(18-40-10-9-22-3-1-2-4-24(22)17-40)16-34-31(42)28-11-29(36-20-35-28)37-25-12-33(13-25)14-26(15-33)38-32(43)30(23-7-8-23)39-44-19-21-5-6-21/h1-4,11,20-21,23,25-27,41H,5-10,12-19H2,(H,34,42)(H,38,43)(H,35,36,37)/b39-30+/t25?,26?,27-,33?/m0/s1. The second-order valence-electron chi connectivity index (χ2n) is 13.7. The fraction of sp³-hybridized carbons (Fsp3) is 0.606. The maximum atomic E-state index is 12.8. The molecule has 1 aromatic carbocycles. The Morgan fingerprint density at radius 2 is 1.84 bits per heavy atom. The van der Waals surface area contributed by atoms with Crippen molar-refractivity contribution in [3.63, 3.8) is 0 Å². The zero-order valence-electron chi connectivity index (χ0n) is 25.2. The van der Waals surface area contributed by atoms with Crippen LogP contribution in [0.3, 0.4) is 0 Å². The third-order valence-electron chi connectivity index (χ3n) is 9.85. The van der Waals surface area contributed by atoms with Crippen LogP contribution in [0.25, 0.3) is 0 Å². The van der Waals surface area contributed by atoms with Crippen LogP contribution in [0.4, 0.5) is 5.82 Å². The van der Waals surface area contributed by atoms with E-state index in [1.807, 2.05) is 6.07 Å². The summed E-state index contributed by atoms with van der Waals surface area (Å²) in [6.07, 6.45) is 10.1. The number of aliphatic hydroxyl groups excluding tert-OH is 1. The Morgan fingerprint density at radius 3 is 2.61 bits per heavy atom. The van der Waals surface area contributed by atoms with E-state index < -0.39 is 6.10 Å². The van der Waals surface area contributed by atoms with Crippen molar-refractivity contribution in [3.8, 4) is 0 Å². The molecular weight excluding hydrogens is 558 g/mol. The average molecular weight is 602 g/mol. The number of aliphatic hydroxyl groups is 1. The van der Waals surface area contributed by atoms with Gasteiger partial charge in [0.25, 0.3) is 11.8 Å². The molecule has 0 bridgehead atoms. The van der Waals surface area contributed by atoms with Gasteiger partial charge in [-0.2, -0.15) is 0 Å². The van der Waals surface area contributed by atoms with Crippen LogP contribution in [-0.2, 0) is 22.6 Å². The van der Waals surface area contributed by atoms with Gasteiger partial charge in [0.2, 0.25) is 0 Å². The van der Waals surface area contributed by atoms with Crippen molar-refractivity contribution in [1.29, 1.82) is 0 Å². The third kappa shape index (κ3) is 7.04. The number of oxime groups is 1. The second-order valence-corrected chi connectivity index (χ2v) is 13.7. The summed E-state index contributed by atoms with van der Waals surface area (Å²) in [7, 11) is 0. The number of carbonyl (C=O) groups excluding carboxylic acids is 2. The number of amides is 2. The van der Waals surface area contributed by atoms with Gasteiger partial charge in [-0.15, -0.1) is 0 Å². The first kappa shape index (κ1) is 29.2. The van der Waals surface area contributed by atoms with Gasteiger partial charge >= 0.3 is 0 Å². The number of carbonyl (C=O) groups is 2. The first-order valence-electron chi connectivity index (χ1n) is 16.3. The monoisotopic (exact) mass is 601 g/mol. The fourth-order valence-corrected chi connectivity index (χ4v) is 7.07. The van der Waals surface area contributed by atoms with Gasteiger partial charge in [-0.3, -0.25) is 14.5 Å². The van der Waals surface area contributed by atoms with Crippen molar-refractivity contribution in [1.82, 2.24) is 25.5 Å². The van der Waals surface area contributed by atoms with Gasteiger partial charge in [0.15, 0.2) is 0 Å². The topological polar surface area (TPSA) is 141 Å². The number of nitrogens with one attached hydrogen (secondary N) is 3. The van der Waals surface area contributed by atoms with Crippen LogP contribution in [-0.4, -0.2) is 81.9 Å². The molecule has 4 fully saturated rings. The van der Waals surface area contributed by atoms with Gasteiger partial charge in [-0.05, 0) is 80.2 Å². The van der Waals surface area contributed by atoms with Crippen molar-refractivity contribution in [2.75, 3.05) is 31.6 Å². The highest BCUT2D eigenvalue weighted by molar-refractivity contribution is 6.40. The lowest BCUT2D eigenvalue weighted by Crippen LogP contribution is -2.59. The number of rotatable bonds is 13. The van der Waals surface area contributed by atoms with Crippen molar-refractivity contribution in [3.05, 3.63) is 53.5 Å². The molecule has 11 heteroatoms. The Labute approximate surface area is 258 Å². The molecule has 0 saturated heterocycles. The molecule has 234 valence electrons. The van der Waals surface area contributed by atoms with Gasteiger partial charge in [0, 0.05) is 50.2 Å². The summed E-state index contributed by atoms with van der Waals surface area (Å²) in [5.74, 6) is 1.11. The Morgan fingerprint density at radius 1 is 1.07 bits per heavy atom. The number of nitrogens with zero attached hydrogens (tertiary/aromatic N) is 4. The van der Waals surface area contributed by atoms with Crippen LogP contribution in [0.5, 0.6) is 0 Å². The first-order chi connectivity index (χ1) is 21.4. The predicted molar refractivity (Wildman–Crippen MR) is 165 cm³/mol. The number of anilines is 1. The van der Waals surface area contributed by atoms with E-state index in [9.17, 15) is 14.7 Å². The molecule has 7 rings (SSSR count). The summed E-state index contributed by atoms with van der Waals surface area (Å²) in [6, 6.07) is 10.5. The maximum absolute atomic E-state index is 12.8. The molecule has 0 radical (unpaired) electrons. The van der Waals surface area contributed by atoms with Crippen molar-refractivity contribution < 1.29 is 19.5 Å². The van der Waals surface area contributed by atoms with Gasteiger partial charge in [0.05, 0.1) is 6.10 Å². The maximum Gasteiger partial charge on any atom is 0.270 e. The molecule has 4 saturated carbocycles. The molecule has 1 atom stereocenters. The minimum atomic E-state index is -0.667. The summed E-state index contributed by atoms with van der Waals surface area (Å²) in [4.78, 5) is 41.8. The number of hydrogen-bond acceptors (Lipinski definition) is 9. The van der Waals surface area contributed by atoms with E-state index in [4.69, 9.17) is 4.84 Å². The summed E-state index contributed by atoms with van der Waals surface area (Å²) in [6.45, 7) is 3.00. The van der Waals surface area contributed by atoms with Crippen LogP contribution in [0.15, 0.2) is 41.8 Å². The van der Waals surface area contributed by atoms with Crippen LogP contribution >= 0.6 is 0 Å². The van der Waals surface area contributed by atoms with Crippen molar-refractivity contribution in [2.24, 2.45) is 22.4 Å². The molecule has 2 heterocycles. The highest BCUT2D eigenvalue weighted by Crippen LogP contribution is 2.56. The molecular formula is C33H43N7O4. The minimum absolute atomic E-state index is 0.0614. The van der Waals surface area contributed by atoms with Crippen LogP contribution < -0.4 is 16.0 Å². The Kier molecular flexibility index (Phi) is 8.24. The van der Waals surface area contributed by atoms with Gasteiger partial charge in [-0.1, -0.05) is 29.4 Å². The van der Waals surface area contributed by atoms with E-state index in [2.05, 4.69) is 54.2 Å². The van der Waals surface area contributed by atoms with E-state index in [-0.39, 0.29) is 47.5 Å². The largest absolute Gasteiger partial charge is 0.395 e. The number of fused-ring (bicyclic) bond motifs is 1. The predicted octanol–water partition coefficient (Wildman–Crippen LogP) is 2.66. The smallest absolute Gasteiger partial charge is 0.270 e. The highest BCUT2D eigenvalue weighted by Gasteiger charge is 2.53. The summed E-state index contributed by atoms with van der Waals surface area (Å²) in [5.41, 5.74) is 3.78. The Hall–Kier alpha value is -3.57. The highest BCUT2D eigenvalue weighted by atomic mass is 16.6. The zero-order valence-corrected chi connectivity index (χ0v) is 25.2. The van der Waals surface area contributed by atoms with E-state index in [1.54, 1.807) is 6.07 Å². The molecule has 2 aromatic rings. The summed E-state index contributed by atoms with van der Waals surface area (Å²) < 4.78 is 0. The van der Waals surface area contributed by atoms with Crippen LogP contribution in [0.1, 0.15) is 73.0 Å². The molecule has 1 aromatic heterocycles. The van der Waals surface area contributed by atoms with E-state index in [0.717, 1.165) is 58.0 Å². The number of hydrogen-bond donors (Lipinski definition) is 4. The molecule has 2 amide bonds. The van der Waals surface area contributed by atoms with E-state index in [1.165, 1.54) is 30.3 Å². The van der Waals surface area contributed by atoms with Crippen molar-refractivity contribution in [2.45, 2.75) is 82.5 Å². The van der Waals surface area contributed by atoms with E-state index >= 15 is 0 Å². The van der Waals surface area contributed by atoms with Gasteiger partial charge < -0.3 is 25.9 Å². The molecule has 0 unspecified atom stereocenters. The molecule has 1 aliphatic heterocycles. The molecule has 11 nitrogen and oxygen atoms in total. The normalized spacial score (nSPS) is 27.0. The van der Waals surface area contributed by atoms with Crippen LogP contribution in [0.2, 0.25) is 0 Å². The Bertz CT molecular complexity index is 1390. The molecule has 5 aliphatic rings. The zero-order chi connectivity index (χ0) is 30.1. The number of β-amino-alcohol motifs (C(OH)–C–C–N with tert-alkyl or cyclic N) is 1. The first-order valence-corrected chi connectivity index (χ1v) is 16.3. The minimum Gasteiger partial charge on any atom is -0.395 e. The third-order valence-corrected chi connectivity index (χ3v) is 9.85. The number of aromatic nitrogens is 2.